The zero-order valence-corrected chi connectivity index (χ0v) is 14.9. The first-order valence-corrected chi connectivity index (χ1v) is 8.76. The summed E-state index contributed by atoms with van der Waals surface area (Å²) in [7, 11) is 1.80. The van der Waals surface area contributed by atoms with E-state index < -0.39 is 0 Å². The molecule has 0 aliphatic heterocycles. The number of rotatable bonds is 9. The minimum atomic E-state index is -0.0498. The summed E-state index contributed by atoms with van der Waals surface area (Å²) in [6.07, 6.45) is 3.04. The van der Waals surface area contributed by atoms with Gasteiger partial charge < -0.3 is 10.6 Å². The maximum Gasteiger partial charge on any atom is 0.234 e. The quantitative estimate of drug-likeness (QED) is 0.728. The highest BCUT2D eigenvalue weighted by atomic mass is 16.2. The normalized spacial score (nSPS) is 15.4. The van der Waals surface area contributed by atoms with Crippen molar-refractivity contribution >= 4 is 11.8 Å². The summed E-state index contributed by atoms with van der Waals surface area (Å²) >= 11 is 0. The zero-order chi connectivity index (χ0) is 17.5. The van der Waals surface area contributed by atoms with Crippen molar-refractivity contribution < 1.29 is 9.59 Å². The van der Waals surface area contributed by atoms with Crippen LogP contribution in [0.2, 0.25) is 0 Å². The highest BCUT2D eigenvalue weighted by Crippen LogP contribution is 2.21. The van der Waals surface area contributed by atoms with Crippen molar-refractivity contribution in [3.05, 3.63) is 35.9 Å². The molecule has 132 valence electrons. The summed E-state index contributed by atoms with van der Waals surface area (Å²) in [4.78, 5) is 25.9. The molecule has 5 heteroatoms. The molecular formula is C19H29N3O2. The van der Waals surface area contributed by atoms with Gasteiger partial charge in [-0.2, -0.15) is 0 Å². The average molecular weight is 331 g/mol. The molecule has 1 atom stereocenters. The number of hydrogen-bond donors (Lipinski definition) is 2. The summed E-state index contributed by atoms with van der Waals surface area (Å²) in [5.74, 6) is 0.429. The van der Waals surface area contributed by atoms with Gasteiger partial charge in [0.05, 0.1) is 19.1 Å². The van der Waals surface area contributed by atoms with Gasteiger partial charge in [-0.05, 0) is 37.8 Å². The smallest absolute Gasteiger partial charge is 0.234 e. The first-order valence-electron chi connectivity index (χ1n) is 8.76. The molecule has 1 unspecified atom stereocenters. The van der Waals surface area contributed by atoms with Crippen LogP contribution in [0.3, 0.4) is 0 Å². The number of nitrogens with one attached hydrogen (secondary N) is 2. The molecule has 24 heavy (non-hydrogen) atoms. The fraction of sp³-hybridized carbons (Fsp3) is 0.579. The highest BCUT2D eigenvalue weighted by Gasteiger charge is 2.24. The minimum absolute atomic E-state index is 0.00501. The molecule has 2 N–H and O–H groups in total. The summed E-state index contributed by atoms with van der Waals surface area (Å²) < 4.78 is 0. The van der Waals surface area contributed by atoms with Crippen molar-refractivity contribution in [3.63, 3.8) is 0 Å². The van der Waals surface area contributed by atoms with E-state index in [1.807, 2.05) is 30.3 Å². The van der Waals surface area contributed by atoms with E-state index in [9.17, 15) is 9.59 Å². The van der Waals surface area contributed by atoms with Gasteiger partial charge in [0.2, 0.25) is 11.8 Å². The maximum absolute atomic E-state index is 12.4. The van der Waals surface area contributed by atoms with E-state index in [0.717, 1.165) is 24.8 Å². The van der Waals surface area contributed by atoms with Crippen molar-refractivity contribution in [2.24, 2.45) is 5.92 Å². The number of carbonyl (C=O) groups is 2. The van der Waals surface area contributed by atoms with E-state index >= 15 is 0 Å². The Morgan fingerprint density at radius 1 is 1.12 bits per heavy atom. The topological polar surface area (TPSA) is 61.4 Å². The predicted molar refractivity (Wildman–Crippen MR) is 95.4 cm³/mol. The lowest BCUT2D eigenvalue weighted by Crippen LogP contribution is -2.42. The van der Waals surface area contributed by atoms with Gasteiger partial charge in [0.15, 0.2) is 0 Å². The first kappa shape index (κ1) is 18.5. The molecule has 0 bridgehead atoms. The predicted octanol–water partition coefficient (Wildman–Crippen LogP) is 2.10. The molecule has 0 spiro atoms. The van der Waals surface area contributed by atoms with Crippen LogP contribution in [0.4, 0.5) is 0 Å². The van der Waals surface area contributed by atoms with Crippen molar-refractivity contribution in [3.8, 4) is 0 Å². The number of hydrogen-bond acceptors (Lipinski definition) is 3. The minimum Gasteiger partial charge on any atom is -0.352 e. The lowest BCUT2D eigenvalue weighted by molar-refractivity contribution is -0.125. The fourth-order valence-corrected chi connectivity index (χ4v) is 2.72. The van der Waals surface area contributed by atoms with Gasteiger partial charge in [-0.25, -0.2) is 0 Å². The van der Waals surface area contributed by atoms with Gasteiger partial charge in [0.1, 0.15) is 0 Å². The SMILES string of the molecule is CC(C)CC(NC(=O)CN(C)CC(=O)NC1CC1)c1ccccc1. The highest BCUT2D eigenvalue weighted by molar-refractivity contribution is 5.81. The fourth-order valence-electron chi connectivity index (χ4n) is 2.72. The van der Waals surface area contributed by atoms with Crippen LogP contribution in [-0.4, -0.2) is 42.9 Å². The van der Waals surface area contributed by atoms with Crippen molar-refractivity contribution in [2.45, 2.75) is 45.2 Å². The van der Waals surface area contributed by atoms with Crippen molar-refractivity contribution in [1.29, 1.82) is 0 Å². The van der Waals surface area contributed by atoms with Gasteiger partial charge in [-0.3, -0.25) is 14.5 Å². The Labute approximate surface area is 144 Å². The first-order chi connectivity index (χ1) is 11.4. The van der Waals surface area contributed by atoms with Crippen molar-refractivity contribution in [1.82, 2.24) is 15.5 Å². The van der Waals surface area contributed by atoms with Crippen LogP contribution in [0.25, 0.3) is 0 Å². The molecule has 0 saturated heterocycles. The Hall–Kier alpha value is -1.88. The van der Waals surface area contributed by atoms with E-state index in [2.05, 4.69) is 24.5 Å². The van der Waals surface area contributed by atoms with Crippen LogP contribution in [0.5, 0.6) is 0 Å². The Kier molecular flexibility index (Phi) is 6.79. The third-order valence-corrected chi connectivity index (χ3v) is 4.01. The maximum atomic E-state index is 12.4. The standard InChI is InChI=1S/C19H29N3O2/c1-14(2)11-17(15-7-5-4-6-8-15)21-19(24)13-22(3)12-18(23)20-16-9-10-16/h4-8,14,16-17H,9-13H2,1-3H3,(H,20,23)(H,21,24). The van der Waals surface area contributed by atoms with Crippen molar-refractivity contribution in [2.75, 3.05) is 20.1 Å². The average Bonchev–Trinajstić information content (AvgIpc) is 3.30. The van der Waals surface area contributed by atoms with Crippen LogP contribution in [0.1, 0.15) is 44.7 Å². The third-order valence-electron chi connectivity index (χ3n) is 4.01. The number of amides is 2. The molecule has 1 aromatic rings. The Bertz CT molecular complexity index is 541. The Morgan fingerprint density at radius 2 is 1.75 bits per heavy atom. The molecule has 2 amide bonds. The molecule has 1 aromatic carbocycles. The summed E-state index contributed by atoms with van der Waals surface area (Å²) in [5, 5.41) is 6.05. The number of carbonyl (C=O) groups excluding carboxylic acids is 2. The van der Waals surface area contributed by atoms with Gasteiger partial charge in [-0.1, -0.05) is 44.2 Å². The van der Waals surface area contributed by atoms with Gasteiger partial charge in [-0.15, -0.1) is 0 Å². The number of nitrogens with zero attached hydrogens (tertiary/aromatic N) is 1. The molecule has 5 nitrogen and oxygen atoms in total. The van der Waals surface area contributed by atoms with Crippen LogP contribution in [-0.2, 0) is 9.59 Å². The van der Waals surface area contributed by atoms with Gasteiger partial charge in [0, 0.05) is 6.04 Å². The second-order valence-corrected chi connectivity index (χ2v) is 7.17. The summed E-state index contributed by atoms with van der Waals surface area (Å²) in [6.45, 7) is 4.77. The van der Waals surface area contributed by atoms with E-state index in [-0.39, 0.29) is 30.9 Å². The molecule has 0 heterocycles. The van der Waals surface area contributed by atoms with Gasteiger partial charge in [0.25, 0.3) is 0 Å². The van der Waals surface area contributed by atoms with E-state index in [4.69, 9.17) is 0 Å². The number of likely N-dealkylation sites (N-methyl/N-ethyl adjacent to an activating group) is 1. The van der Waals surface area contributed by atoms with E-state index in [1.165, 1.54) is 0 Å². The molecule has 0 radical (unpaired) electrons. The third kappa shape index (κ3) is 6.71. The van der Waals surface area contributed by atoms with E-state index in [0.29, 0.717) is 12.0 Å². The van der Waals surface area contributed by atoms with Crippen LogP contribution in [0.15, 0.2) is 30.3 Å². The van der Waals surface area contributed by atoms with Gasteiger partial charge >= 0.3 is 0 Å². The Balaban J connectivity index is 1.83. The molecular weight excluding hydrogens is 302 g/mol. The molecule has 1 saturated carbocycles. The Morgan fingerprint density at radius 3 is 2.33 bits per heavy atom. The summed E-state index contributed by atoms with van der Waals surface area (Å²) in [5.41, 5.74) is 1.12. The molecule has 1 aliphatic rings. The van der Waals surface area contributed by atoms with Crippen LogP contribution in [0, 0.1) is 5.92 Å². The monoisotopic (exact) mass is 331 g/mol. The largest absolute Gasteiger partial charge is 0.352 e. The molecule has 1 aliphatic carbocycles. The molecule has 0 aromatic heterocycles. The lowest BCUT2D eigenvalue weighted by atomic mass is 9.97. The lowest BCUT2D eigenvalue weighted by Gasteiger charge is -2.23. The zero-order valence-electron chi connectivity index (χ0n) is 14.9. The molecule has 2 rings (SSSR count). The van der Waals surface area contributed by atoms with E-state index in [1.54, 1.807) is 11.9 Å². The second kappa shape index (κ2) is 8.83. The summed E-state index contributed by atoms with van der Waals surface area (Å²) in [6, 6.07) is 10.4. The second-order valence-electron chi connectivity index (χ2n) is 7.17. The van der Waals surface area contributed by atoms with Crippen LogP contribution >= 0.6 is 0 Å². The van der Waals surface area contributed by atoms with Crippen LogP contribution < -0.4 is 10.6 Å². The molecule has 1 fully saturated rings. The number of benzene rings is 1.